The minimum Gasteiger partial charge on any atom is -0.436 e. The molecule has 2 amide bonds. The fourth-order valence-corrected chi connectivity index (χ4v) is 5.57. The number of carbonyl (C=O) groups excluding carboxylic acids is 2. The van der Waals surface area contributed by atoms with Crippen LogP contribution in [-0.2, 0) is 24.3 Å². The molecule has 0 saturated carbocycles. The van der Waals surface area contributed by atoms with E-state index in [1.807, 2.05) is 0 Å². The number of anilines is 1. The molecule has 1 aliphatic rings. The molecule has 4 N–H and O–H groups in total. The molecule has 0 aliphatic carbocycles. The van der Waals surface area contributed by atoms with Crippen LogP contribution >= 0.6 is 0 Å². The number of hydrogen-bond donors (Lipinski definition) is 3. The summed E-state index contributed by atoms with van der Waals surface area (Å²) in [4.78, 5) is 24.6. The maximum atomic E-state index is 13.0. The molecule has 0 aromatic heterocycles. The Morgan fingerprint density at radius 2 is 1.76 bits per heavy atom. The van der Waals surface area contributed by atoms with E-state index in [1.165, 1.54) is 6.07 Å². The van der Waals surface area contributed by atoms with E-state index in [-0.39, 0.29) is 10.8 Å². The molecule has 180 valence electrons. The van der Waals surface area contributed by atoms with Gasteiger partial charge < -0.3 is 20.5 Å². The predicted molar refractivity (Wildman–Crippen MR) is 125 cm³/mol. The van der Waals surface area contributed by atoms with Crippen LogP contribution in [0.1, 0.15) is 40.0 Å². The monoisotopic (exact) mass is 477 g/mol. The molecule has 2 aromatic carbocycles. The molecule has 1 saturated heterocycles. The van der Waals surface area contributed by atoms with Gasteiger partial charge in [0.25, 0.3) is 5.91 Å². The zero-order valence-corrected chi connectivity index (χ0v) is 19.9. The SMILES string of the molecule is CC(C)(C)NS(=O)(=O)c1cccc2c(NC(=O)[C@H](CC3CCOCC3)OC(N)=O)cccc12. The number of hydrogen-bond acceptors (Lipinski definition) is 6. The lowest BCUT2D eigenvalue weighted by Crippen LogP contribution is -2.40. The Kier molecular flexibility index (Phi) is 7.61. The molecule has 1 fully saturated rings. The summed E-state index contributed by atoms with van der Waals surface area (Å²) in [6, 6.07) is 9.88. The Hall–Kier alpha value is -2.69. The van der Waals surface area contributed by atoms with Crippen LogP contribution in [0.4, 0.5) is 10.5 Å². The molecular formula is C23H31N3O6S. The summed E-state index contributed by atoms with van der Waals surface area (Å²) in [5.41, 5.74) is 4.95. The number of sulfonamides is 1. The maximum Gasteiger partial charge on any atom is 0.405 e. The van der Waals surface area contributed by atoms with E-state index in [0.717, 1.165) is 12.8 Å². The summed E-state index contributed by atoms with van der Waals surface area (Å²) in [6.45, 7) is 6.48. The van der Waals surface area contributed by atoms with E-state index in [1.54, 1.807) is 51.1 Å². The minimum atomic E-state index is -3.80. The highest BCUT2D eigenvalue weighted by atomic mass is 32.2. The fourth-order valence-electron chi connectivity index (χ4n) is 3.93. The third-order valence-corrected chi connectivity index (χ3v) is 7.13. The van der Waals surface area contributed by atoms with Crippen molar-refractivity contribution < 1.29 is 27.5 Å². The number of rotatable bonds is 7. The van der Waals surface area contributed by atoms with E-state index >= 15 is 0 Å². The van der Waals surface area contributed by atoms with E-state index in [0.29, 0.717) is 36.1 Å². The number of carbonyl (C=O) groups is 2. The van der Waals surface area contributed by atoms with Crippen molar-refractivity contribution in [3.63, 3.8) is 0 Å². The Labute approximate surface area is 194 Å². The molecule has 9 nitrogen and oxygen atoms in total. The summed E-state index contributed by atoms with van der Waals surface area (Å²) in [6.07, 6.45) is -0.223. The summed E-state index contributed by atoms with van der Waals surface area (Å²) in [5.74, 6) is -0.351. The smallest absolute Gasteiger partial charge is 0.405 e. The number of nitrogens with two attached hydrogens (primary N) is 1. The molecule has 0 spiro atoms. The van der Waals surface area contributed by atoms with Gasteiger partial charge in [0.05, 0.1) is 4.90 Å². The van der Waals surface area contributed by atoms with Gasteiger partial charge in [0, 0.05) is 35.2 Å². The van der Waals surface area contributed by atoms with E-state index in [4.69, 9.17) is 15.2 Å². The predicted octanol–water partition coefficient (Wildman–Crippen LogP) is 3.14. The van der Waals surface area contributed by atoms with Crippen molar-refractivity contribution in [3.8, 4) is 0 Å². The van der Waals surface area contributed by atoms with Crippen LogP contribution in [0, 0.1) is 5.92 Å². The van der Waals surface area contributed by atoms with Crippen molar-refractivity contribution in [2.75, 3.05) is 18.5 Å². The third-order valence-electron chi connectivity index (χ3n) is 5.31. The van der Waals surface area contributed by atoms with E-state index in [9.17, 15) is 18.0 Å². The van der Waals surface area contributed by atoms with Gasteiger partial charge in [-0.2, -0.15) is 0 Å². The lowest BCUT2D eigenvalue weighted by Gasteiger charge is -2.26. The first-order valence-electron chi connectivity index (χ1n) is 10.9. The molecular weight excluding hydrogens is 446 g/mol. The van der Waals surface area contributed by atoms with Gasteiger partial charge in [0.15, 0.2) is 6.10 Å². The van der Waals surface area contributed by atoms with Gasteiger partial charge >= 0.3 is 6.09 Å². The van der Waals surface area contributed by atoms with Crippen LogP contribution in [0.15, 0.2) is 41.3 Å². The van der Waals surface area contributed by atoms with Crippen molar-refractivity contribution in [3.05, 3.63) is 36.4 Å². The van der Waals surface area contributed by atoms with Gasteiger partial charge in [-0.1, -0.05) is 24.3 Å². The number of benzene rings is 2. The molecule has 0 unspecified atom stereocenters. The van der Waals surface area contributed by atoms with Crippen LogP contribution in [0.2, 0.25) is 0 Å². The first kappa shape index (κ1) is 24.9. The lowest BCUT2D eigenvalue weighted by atomic mass is 9.93. The molecule has 1 aliphatic heterocycles. The quantitative estimate of drug-likeness (QED) is 0.560. The van der Waals surface area contributed by atoms with Gasteiger partial charge in [-0.3, -0.25) is 4.79 Å². The number of nitrogens with one attached hydrogen (secondary N) is 2. The number of ether oxygens (including phenoxy) is 2. The molecule has 33 heavy (non-hydrogen) atoms. The van der Waals surface area contributed by atoms with Crippen LogP contribution < -0.4 is 15.8 Å². The van der Waals surface area contributed by atoms with Crippen LogP contribution in [0.25, 0.3) is 10.8 Å². The standard InChI is InChI=1S/C23H31N3O6S/c1-23(2,3)26-33(29,30)20-9-5-6-16-17(20)7-4-8-18(16)25-21(27)19(32-22(24)28)14-15-10-12-31-13-11-15/h4-9,15,19,26H,10-14H2,1-3H3,(H2,24,28)(H,25,27)/t19-/m0/s1. The first-order valence-corrected chi connectivity index (χ1v) is 12.3. The van der Waals surface area contributed by atoms with Crippen LogP contribution in [-0.4, -0.2) is 45.3 Å². The Morgan fingerprint density at radius 3 is 2.39 bits per heavy atom. The number of primary amides is 1. The summed E-state index contributed by atoms with van der Waals surface area (Å²) in [7, 11) is -3.80. The molecule has 0 bridgehead atoms. The second kappa shape index (κ2) is 10.1. The third kappa shape index (κ3) is 6.66. The second-order valence-corrected chi connectivity index (χ2v) is 10.9. The van der Waals surface area contributed by atoms with Crippen LogP contribution in [0.3, 0.4) is 0 Å². The Balaban J connectivity index is 1.90. The summed E-state index contributed by atoms with van der Waals surface area (Å²) >= 11 is 0. The average Bonchev–Trinajstić information content (AvgIpc) is 2.72. The summed E-state index contributed by atoms with van der Waals surface area (Å²) < 4.78 is 39.0. The Bertz CT molecular complexity index is 1120. The minimum absolute atomic E-state index is 0.109. The Morgan fingerprint density at radius 1 is 1.12 bits per heavy atom. The average molecular weight is 478 g/mol. The second-order valence-electron chi connectivity index (χ2n) is 9.22. The zero-order chi connectivity index (χ0) is 24.2. The van der Waals surface area contributed by atoms with Gasteiger partial charge in [-0.15, -0.1) is 0 Å². The van der Waals surface area contributed by atoms with Crippen molar-refractivity contribution in [2.24, 2.45) is 11.7 Å². The number of fused-ring (bicyclic) bond motifs is 1. The van der Waals surface area contributed by atoms with Gasteiger partial charge in [0.2, 0.25) is 10.0 Å². The lowest BCUT2D eigenvalue weighted by molar-refractivity contribution is -0.125. The van der Waals surface area contributed by atoms with Crippen molar-refractivity contribution in [1.82, 2.24) is 4.72 Å². The van der Waals surface area contributed by atoms with Crippen LogP contribution in [0.5, 0.6) is 0 Å². The molecule has 2 aromatic rings. The maximum absolute atomic E-state index is 13.0. The zero-order valence-electron chi connectivity index (χ0n) is 19.1. The molecule has 0 radical (unpaired) electrons. The fraction of sp³-hybridized carbons (Fsp3) is 0.478. The van der Waals surface area contributed by atoms with Crippen molar-refractivity contribution in [1.29, 1.82) is 0 Å². The van der Waals surface area contributed by atoms with E-state index in [2.05, 4.69) is 10.0 Å². The normalized spacial score (nSPS) is 16.3. The molecule has 10 heteroatoms. The summed E-state index contributed by atoms with van der Waals surface area (Å²) in [5, 5.41) is 3.80. The first-order chi connectivity index (χ1) is 15.5. The van der Waals surface area contributed by atoms with E-state index < -0.39 is 33.7 Å². The number of amides is 2. The molecule has 1 atom stereocenters. The molecule has 1 heterocycles. The highest BCUT2D eigenvalue weighted by molar-refractivity contribution is 7.89. The van der Waals surface area contributed by atoms with Gasteiger partial charge in [-0.05, 0) is 58.1 Å². The van der Waals surface area contributed by atoms with Crippen molar-refractivity contribution >= 4 is 38.5 Å². The highest BCUT2D eigenvalue weighted by Crippen LogP contribution is 2.30. The molecule has 3 rings (SSSR count). The largest absolute Gasteiger partial charge is 0.436 e. The highest BCUT2D eigenvalue weighted by Gasteiger charge is 2.28. The van der Waals surface area contributed by atoms with Crippen molar-refractivity contribution in [2.45, 2.75) is 56.6 Å². The topological polar surface area (TPSA) is 137 Å². The van der Waals surface area contributed by atoms with Gasteiger partial charge in [0.1, 0.15) is 0 Å². The van der Waals surface area contributed by atoms with Gasteiger partial charge in [-0.25, -0.2) is 17.9 Å².